The van der Waals surface area contributed by atoms with Gasteiger partial charge in [-0.3, -0.25) is 14.5 Å². The Labute approximate surface area is 125 Å². The highest BCUT2D eigenvalue weighted by molar-refractivity contribution is 6.03. The van der Waals surface area contributed by atoms with Gasteiger partial charge in [0.1, 0.15) is 5.75 Å². The van der Waals surface area contributed by atoms with Gasteiger partial charge >= 0.3 is 0 Å². The average Bonchev–Trinajstić information content (AvgIpc) is 2.72. The molecule has 0 spiro atoms. The van der Waals surface area contributed by atoms with Crippen LogP contribution >= 0.6 is 0 Å². The minimum absolute atomic E-state index is 0.0705. The molecule has 1 aromatic rings. The summed E-state index contributed by atoms with van der Waals surface area (Å²) in [6.07, 6.45) is 0.318. The molecular weight excluding hydrogens is 268 g/mol. The maximum absolute atomic E-state index is 12.0. The second-order valence-electron chi connectivity index (χ2n) is 5.29. The van der Waals surface area contributed by atoms with E-state index in [-0.39, 0.29) is 23.8 Å². The topological polar surface area (TPSA) is 58.6 Å². The van der Waals surface area contributed by atoms with Crippen molar-refractivity contribution in [2.45, 2.75) is 26.3 Å². The molecule has 2 unspecified atom stereocenters. The highest BCUT2D eigenvalue weighted by Gasteiger charge is 2.36. The molecule has 1 heterocycles. The number of likely N-dealkylation sites (tertiary alicyclic amines) is 1. The molecule has 2 amide bonds. The molecule has 1 aliphatic rings. The molecule has 0 saturated carbocycles. The highest BCUT2D eigenvalue weighted by atomic mass is 16.5. The van der Waals surface area contributed by atoms with Gasteiger partial charge in [-0.1, -0.05) is 19.1 Å². The second kappa shape index (κ2) is 6.72. The highest BCUT2D eigenvalue weighted by Crippen LogP contribution is 2.24. The number of ether oxygens (including phenoxy) is 1. The van der Waals surface area contributed by atoms with E-state index in [1.54, 1.807) is 6.92 Å². The summed E-state index contributed by atoms with van der Waals surface area (Å²) in [6, 6.07) is 7.65. The molecule has 1 N–H and O–H groups in total. The largest absolute Gasteiger partial charge is 0.494 e. The molecule has 1 aromatic carbocycles. The van der Waals surface area contributed by atoms with Crippen LogP contribution in [0.15, 0.2) is 24.3 Å². The zero-order valence-electron chi connectivity index (χ0n) is 12.8. The van der Waals surface area contributed by atoms with Crippen molar-refractivity contribution >= 4 is 11.8 Å². The van der Waals surface area contributed by atoms with Crippen molar-refractivity contribution in [3.8, 4) is 5.75 Å². The number of nitrogens with one attached hydrogen (secondary N) is 1. The zero-order chi connectivity index (χ0) is 15.4. The Morgan fingerprint density at radius 2 is 2.00 bits per heavy atom. The van der Waals surface area contributed by atoms with Crippen LogP contribution in [0.1, 0.15) is 31.9 Å². The summed E-state index contributed by atoms with van der Waals surface area (Å²) in [5.74, 6) is 0.457. The SMILES string of the molecule is CCOc1ccc(C(CN2C(=O)CC(C)C2=O)NC)cc1. The lowest BCUT2D eigenvalue weighted by molar-refractivity contribution is -0.139. The van der Waals surface area contributed by atoms with Gasteiger partial charge in [-0.25, -0.2) is 0 Å². The van der Waals surface area contributed by atoms with Gasteiger partial charge in [0.05, 0.1) is 12.6 Å². The first-order valence-corrected chi connectivity index (χ1v) is 7.31. The summed E-state index contributed by atoms with van der Waals surface area (Å²) >= 11 is 0. The van der Waals surface area contributed by atoms with Crippen LogP contribution in [0.2, 0.25) is 0 Å². The molecule has 0 bridgehead atoms. The van der Waals surface area contributed by atoms with Crippen molar-refractivity contribution in [1.82, 2.24) is 10.2 Å². The van der Waals surface area contributed by atoms with Gasteiger partial charge in [-0.15, -0.1) is 0 Å². The van der Waals surface area contributed by atoms with Crippen molar-refractivity contribution in [1.29, 1.82) is 0 Å². The van der Waals surface area contributed by atoms with Crippen molar-refractivity contribution in [2.24, 2.45) is 5.92 Å². The van der Waals surface area contributed by atoms with E-state index in [4.69, 9.17) is 4.74 Å². The maximum Gasteiger partial charge on any atom is 0.232 e. The zero-order valence-corrected chi connectivity index (χ0v) is 12.8. The van der Waals surface area contributed by atoms with Crippen LogP contribution < -0.4 is 10.1 Å². The van der Waals surface area contributed by atoms with Gasteiger partial charge < -0.3 is 10.1 Å². The first kappa shape index (κ1) is 15.5. The predicted molar refractivity (Wildman–Crippen MR) is 79.9 cm³/mol. The van der Waals surface area contributed by atoms with Crippen molar-refractivity contribution in [3.05, 3.63) is 29.8 Å². The third kappa shape index (κ3) is 3.42. The third-order valence-electron chi connectivity index (χ3n) is 3.78. The van der Waals surface area contributed by atoms with Gasteiger partial charge in [0.25, 0.3) is 0 Å². The molecule has 21 heavy (non-hydrogen) atoms. The van der Waals surface area contributed by atoms with Crippen LogP contribution in [0.3, 0.4) is 0 Å². The third-order valence-corrected chi connectivity index (χ3v) is 3.78. The number of nitrogens with zero attached hydrogens (tertiary/aromatic N) is 1. The van der Waals surface area contributed by atoms with E-state index in [9.17, 15) is 9.59 Å². The Morgan fingerprint density at radius 1 is 1.33 bits per heavy atom. The number of likely N-dealkylation sites (N-methyl/N-ethyl adjacent to an activating group) is 1. The van der Waals surface area contributed by atoms with Crippen LogP contribution in [-0.4, -0.2) is 36.9 Å². The monoisotopic (exact) mass is 290 g/mol. The minimum atomic E-state index is -0.199. The fourth-order valence-electron chi connectivity index (χ4n) is 2.55. The minimum Gasteiger partial charge on any atom is -0.494 e. The maximum atomic E-state index is 12.0. The Kier molecular flexibility index (Phi) is 4.96. The molecule has 5 heteroatoms. The summed E-state index contributed by atoms with van der Waals surface area (Å²) in [7, 11) is 1.83. The Bertz CT molecular complexity index is 513. The van der Waals surface area contributed by atoms with E-state index in [1.807, 2.05) is 38.2 Å². The molecule has 1 aliphatic heterocycles. The smallest absolute Gasteiger partial charge is 0.232 e. The van der Waals surface area contributed by atoms with Crippen LogP contribution in [0.5, 0.6) is 5.75 Å². The fraction of sp³-hybridized carbons (Fsp3) is 0.500. The Balaban J connectivity index is 2.09. The average molecular weight is 290 g/mol. The number of imide groups is 1. The van der Waals surface area contributed by atoms with E-state index in [0.717, 1.165) is 11.3 Å². The number of rotatable bonds is 6. The summed E-state index contributed by atoms with van der Waals surface area (Å²) in [5, 5.41) is 3.17. The number of carbonyl (C=O) groups is 2. The molecule has 0 radical (unpaired) electrons. The summed E-state index contributed by atoms with van der Waals surface area (Å²) < 4.78 is 5.42. The molecule has 114 valence electrons. The summed E-state index contributed by atoms with van der Waals surface area (Å²) in [4.78, 5) is 25.2. The first-order chi connectivity index (χ1) is 10.1. The number of carbonyl (C=O) groups excluding carboxylic acids is 2. The lowest BCUT2D eigenvalue weighted by Gasteiger charge is -2.23. The molecule has 5 nitrogen and oxygen atoms in total. The lowest BCUT2D eigenvalue weighted by Crippen LogP contribution is -2.37. The summed E-state index contributed by atoms with van der Waals surface area (Å²) in [5.41, 5.74) is 1.03. The van der Waals surface area contributed by atoms with Gasteiger partial charge in [0.15, 0.2) is 0 Å². The normalized spacial score (nSPS) is 20.0. The number of hydrogen-bond acceptors (Lipinski definition) is 4. The fourth-order valence-corrected chi connectivity index (χ4v) is 2.55. The van der Waals surface area contributed by atoms with Gasteiger partial charge in [0.2, 0.25) is 11.8 Å². The van der Waals surface area contributed by atoms with Crippen LogP contribution in [-0.2, 0) is 9.59 Å². The first-order valence-electron chi connectivity index (χ1n) is 7.31. The van der Waals surface area contributed by atoms with Gasteiger partial charge in [0, 0.05) is 18.9 Å². The quantitative estimate of drug-likeness (QED) is 0.811. The van der Waals surface area contributed by atoms with E-state index in [0.29, 0.717) is 19.6 Å². The molecule has 2 atom stereocenters. The molecule has 0 aliphatic carbocycles. The van der Waals surface area contributed by atoms with E-state index in [1.165, 1.54) is 4.90 Å². The van der Waals surface area contributed by atoms with Crippen LogP contribution in [0, 0.1) is 5.92 Å². The standard InChI is InChI=1S/C16H22N2O3/c1-4-21-13-7-5-12(6-8-13)14(17-3)10-18-15(19)9-11(2)16(18)20/h5-8,11,14,17H,4,9-10H2,1-3H3. The molecular formula is C16H22N2O3. The molecule has 2 rings (SSSR count). The predicted octanol–water partition coefficient (Wildman–Crippen LogP) is 1.74. The number of benzene rings is 1. The van der Waals surface area contributed by atoms with Gasteiger partial charge in [-0.05, 0) is 31.7 Å². The Morgan fingerprint density at radius 3 is 2.48 bits per heavy atom. The summed E-state index contributed by atoms with van der Waals surface area (Å²) in [6.45, 7) is 4.73. The van der Waals surface area contributed by atoms with Crippen molar-refractivity contribution < 1.29 is 14.3 Å². The molecule has 1 fully saturated rings. The van der Waals surface area contributed by atoms with Crippen molar-refractivity contribution in [2.75, 3.05) is 20.2 Å². The van der Waals surface area contributed by atoms with E-state index in [2.05, 4.69) is 5.32 Å². The molecule has 0 aromatic heterocycles. The number of hydrogen-bond donors (Lipinski definition) is 1. The van der Waals surface area contributed by atoms with Crippen LogP contribution in [0.4, 0.5) is 0 Å². The van der Waals surface area contributed by atoms with Gasteiger partial charge in [-0.2, -0.15) is 0 Å². The second-order valence-corrected chi connectivity index (χ2v) is 5.29. The molecule has 1 saturated heterocycles. The van der Waals surface area contributed by atoms with E-state index >= 15 is 0 Å². The Hall–Kier alpha value is -1.88. The van der Waals surface area contributed by atoms with Crippen LogP contribution in [0.25, 0.3) is 0 Å². The number of amides is 2. The van der Waals surface area contributed by atoms with E-state index < -0.39 is 0 Å². The lowest BCUT2D eigenvalue weighted by atomic mass is 10.1. The van der Waals surface area contributed by atoms with Crippen molar-refractivity contribution in [3.63, 3.8) is 0 Å².